The monoisotopic (exact) mass is 491 g/mol. The summed E-state index contributed by atoms with van der Waals surface area (Å²) in [6, 6.07) is 24.2. The Morgan fingerprint density at radius 2 is 1.22 bits per heavy atom. The molecule has 0 amide bonds. The average molecular weight is 492 g/mol. The minimum absolute atomic E-state index is 0.0521. The van der Waals surface area contributed by atoms with Gasteiger partial charge in [0.1, 0.15) is 0 Å². The average Bonchev–Trinajstić information content (AvgIpc) is 3.15. The predicted octanol–water partition coefficient (Wildman–Crippen LogP) is 10.6. The summed E-state index contributed by atoms with van der Waals surface area (Å²) in [4.78, 5) is 2.72. The van der Waals surface area contributed by atoms with Gasteiger partial charge < -0.3 is 4.90 Å². The largest absolute Gasteiger partial charge is 0.338 e. The van der Waals surface area contributed by atoms with Crippen LogP contribution in [0.2, 0.25) is 0 Å². The molecule has 2 saturated carbocycles. The molecule has 0 radical (unpaired) electrons. The van der Waals surface area contributed by atoms with Gasteiger partial charge in [-0.1, -0.05) is 101 Å². The zero-order valence-corrected chi connectivity index (χ0v) is 23.5. The Morgan fingerprint density at radius 1 is 0.622 bits per heavy atom. The quantitative estimate of drug-likeness (QED) is 0.343. The van der Waals surface area contributed by atoms with Crippen LogP contribution in [0.1, 0.15) is 126 Å². The highest BCUT2D eigenvalue weighted by atomic mass is 15.2. The van der Waals surface area contributed by atoms with Gasteiger partial charge in [0.25, 0.3) is 0 Å². The first-order valence-corrected chi connectivity index (χ1v) is 15.1. The fraction of sp³-hybridized carbons (Fsp3) is 0.500. The van der Waals surface area contributed by atoms with E-state index >= 15 is 0 Å². The van der Waals surface area contributed by atoms with Crippen LogP contribution in [0.15, 0.2) is 60.7 Å². The number of anilines is 2. The molecule has 0 aliphatic heterocycles. The van der Waals surface area contributed by atoms with Crippen molar-refractivity contribution in [3.63, 3.8) is 0 Å². The molecule has 0 N–H and O–H groups in total. The van der Waals surface area contributed by atoms with Crippen LogP contribution in [0.5, 0.6) is 0 Å². The smallest absolute Gasteiger partial charge is 0.0455 e. The molecule has 0 heterocycles. The van der Waals surface area contributed by atoms with Gasteiger partial charge in [-0.15, -0.1) is 0 Å². The van der Waals surface area contributed by atoms with Gasteiger partial charge in [0.2, 0.25) is 0 Å². The number of para-hydroxylation sites is 1. The van der Waals surface area contributed by atoms with E-state index in [0.29, 0.717) is 17.9 Å². The fourth-order valence-corrected chi connectivity index (χ4v) is 7.85. The highest BCUT2D eigenvalue weighted by Gasteiger charge is 2.38. The molecule has 37 heavy (non-hydrogen) atoms. The molecule has 0 spiro atoms. The molecular weight excluding hydrogens is 446 g/mol. The third-order valence-corrected chi connectivity index (χ3v) is 9.79. The number of hydrogen-bond acceptors (Lipinski definition) is 1. The molecule has 0 bridgehead atoms. The van der Waals surface area contributed by atoms with Crippen molar-refractivity contribution in [2.45, 2.75) is 115 Å². The summed E-state index contributed by atoms with van der Waals surface area (Å²) in [7, 11) is 0. The van der Waals surface area contributed by atoms with Crippen LogP contribution >= 0.6 is 0 Å². The summed E-state index contributed by atoms with van der Waals surface area (Å²) in [6.07, 6.45) is 13.6. The summed E-state index contributed by atoms with van der Waals surface area (Å²) < 4.78 is 0. The van der Waals surface area contributed by atoms with E-state index in [0.717, 1.165) is 0 Å². The highest BCUT2D eigenvalue weighted by molar-refractivity contribution is 5.86. The van der Waals surface area contributed by atoms with Crippen LogP contribution in [0.25, 0.3) is 11.1 Å². The number of fused-ring (bicyclic) bond motifs is 3. The third kappa shape index (κ3) is 4.33. The minimum Gasteiger partial charge on any atom is -0.338 e. The standard InChI is InChI=1S/C36H45N/c1-25(2)37(34-22-14-12-19-28(34)26-15-7-5-8-16-26)35-24-31-29-20-11-13-21-32(29)36(3,4)33(31)23-30(35)27-17-9-6-10-18-27/h11-14,19-27H,5-10,15-18H2,1-4H3. The second-order valence-corrected chi connectivity index (χ2v) is 12.8. The number of hydrogen-bond donors (Lipinski definition) is 0. The van der Waals surface area contributed by atoms with E-state index in [9.17, 15) is 0 Å². The van der Waals surface area contributed by atoms with Crippen molar-refractivity contribution in [3.8, 4) is 11.1 Å². The van der Waals surface area contributed by atoms with E-state index < -0.39 is 0 Å². The maximum absolute atomic E-state index is 2.72. The molecule has 3 aromatic rings. The molecule has 0 saturated heterocycles. The second-order valence-electron chi connectivity index (χ2n) is 12.8. The predicted molar refractivity (Wildman–Crippen MR) is 159 cm³/mol. The van der Waals surface area contributed by atoms with E-state index in [1.165, 1.54) is 97.8 Å². The Morgan fingerprint density at radius 3 is 1.89 bits per heavy atom. The van der Waals surface area contributed by atoms with E-state index in [1.54, 1.807) is 11.1 Å². The molecular formula is C36H45N. The van der Waals surface area contributed by atoms with Gasteiger partial charge in [-0.3, -0.25) is 0 Å². The maximum atomic E-state index is 2.72. The van der Waals surface area contributed by atoms with Crippen LogP contribution in [0.3, 0.4) is 0 Å². The van der Waals surface area contributed by atoms with Gasteiger partial charge in [0.15, 0.2) is 0 Å². The SMILES string of the molecule is CC(C)N(c1ccccc1C1CCCCC1)c1cc2c(cc1C1CCCCC1)C(C)(C)c1ccccc1-2. The molecule has 0 unspecified atom stereocenters. The lowest BCUT2D eigenvalue weighted by molar-refractivity contribution is 0.441. The van der Waals surface area contributed by atoms with Crippen LogP contribution in [-0.4, -0.2) is 6.04 Å². The van der Waals surface area contributed by atoms with Crippen molar-refractivity contribution in [1.82, 2.24) is 0 Å². The topological polar surface area (TPSA) is 3.24 Å². The molecule has 0 aromatic heterocycles. The Labute approximate surface area is 225 Å². The van der Waals surface area contributed by atoms with E-state index in [1.807, 2.05) is 0 Å². The molecule has 6 rings (SSSR count). The van der Waals surface area contributed by atoms with Crippen molar-refractivity contribution in [1.29, 1.82) is 0 Å². The first-order valence-electron chi connectivity index (χ1n) is 15.1. The highest BCUT2D eigenvalue weighted by Crippen LogP contribution is 2.53. The Hall–Kier alpha value is -2.54. The lowest BCUT2D eigenvalue weighted by Crippen LogP contribution is -2.29. The summed E-state index contributed by atoms with van der Waals surface area (Å²) in [5.74, 6) is 1.36. The molecule has 194 valence electrons. The van der Waals surface area contributed by atoms with Gasteiger partial charge in [-0.25, -0.2) is 0 Å². The molecule has 3 aliphatic rings. The molecule has 1 heteroatoms. The first-order chi connectivity index (χ1) is 18.0. The van der Waals surface area contributed by atoms with Crippen molar-refractivity contribution in [3.05, 3.63) is 82.9 Å². The lowest BCUT2D eigenvalue weighted by atomic mass is 9.77. The Bertz CT molecular complexity index is 1250. The van der Waals surface area contributed by atoms with Gasteiger partial charge in [-0.2, -0.15) is 0 Å². The summed E-state index contributed by atoms with van der Waals surface area (Å²) in [6.45, 7) is 9.65. The summed E-state index contributed by atoms with van der Waals surface area (Å²) >= 11 is 0. The van der Waals surface area contributed by atoms with Crippen LogP contribution in [0, 0.1) is 0 Å². The number of nitrogens with zero attached hydrogens (tertiary/aromatic N) is 1. The van der Waals surface area contributed by atoms with Crippen molar-refractivity contribution in [2.24, 2.45) is 0 Å². The lowest BCUT2D eigenvalue weighted by Gasteiger charge is -2.38. The van der Waals surface area contributed by atoms with Crippen LogP contribution in [-0.2, 0) is 5.41 Å². The maximum Gasteiger partial charge on any atom is 0.0455 e. The second kappa shape index (κ2) is 9.97. The number of benzene rings is 3. The van der Waals surface area contributed by atoms with Crippen molar-refractivity contribution in [2.75, 3.05) is 4.90 Å². The zero-order valence-electron chi connectivity index (χ0n) is 23.5. The van der Waals surface area contributed by atoms with Gasteiger partial charge in [-0.05, 0) is 96.9 Å². The normalized spacial score (nSPS) is 19.6. The van der Waals surface area contributed by atoms with Crippen molar-refractivity contribution < 1.29 is 0 Å². The van der Waals surface area contributed by atoms with Crippen LogP contribution < -0.4 is 4.90 Å². The first kappa shape index (κ1) is 24.8. The summed E-state index contributed by atoms with van der Waals surface area (Å²) in [5, 5.41) is 0. The van der Waals surface area contributed by atoms with Crippen molar-refractivity contribution >= 4 is 11.4 Å². The van der Waals surface area contributed by atoms with E-state index in [2.05, 4.69) is 93.3 Å². The fourth-order valence-electron chi connectivity index (χ4n) is 7.85. The molecule has 3 aromatic carbocycles. The Balaban J connectivity index is 1.56. The van der Waals surface area contributed by atoms with Gasteiger partial charge >= 0.3 is 0 Å². The summed E-state index contributed by atoms with van der Waals surface area (Å²) in [5.41, 5.74) is 12.1. The van der Waals surface area contributed by atoms with Gasteiger partial charge in [0.05, 0.1) is 0 Å². The number of rotatable bonds is 5. The minimum atomic E-state index is 0.0521. The van der Waals surface area contributed by atoms with Crippen LogP contribution in [0.4, 0.5) is 11.4 Å². The molecule has 3 aliphatic carbocycles. The van der Waals surface area contributed by atoms with Gasteiger partial charge in [0, 0.05) is 22.8 Å². The molecule has 0 atom stereocenters. The molecule has 2 fully saturated rings. The zero-order chi connectivity index (χ0) is 25.6. The molecule has 1 nitrogen and oxygen atoms in total. The van der Waals surface area contributed by atoms with E-state index in [4.69, 9.17) is 0 Å². The third-order valence-electron chi connectivity index (χ3n) is 9.79. The van der Waals surface area contributed by atoms with E-state index in [-0.39, 0.29) is 5.41 Å². The Kier molecular flexibility index (Phi) is 6.68.